The Morgan fingerprint density at radius 3 is 2.28 bits per heavy atom. The van der Waals surface area contributed by atoms with Gasteiger partial charge in [-0.25, -0.2) is 0 Å². The van der Waals surface area contributed by atoms with Crippen molar-refractivity contribution in [2.45, 2.75) is 45.3 Å². The van der Waals surface area contributed by atoms with Gasteiger partial charge < -0.3 is 20.1 Å². The molecule has 1 heterocycles. The lowest BCUT2D eigenvalue weighted by Crippen LogP contribution is -2.41. The molecule has 0 saturated carbocycles. The maximum atomic E-state index is 8.67. The van der Waals surface area contributed by atoms with Crippen LogP contribution in [0.3, 0.4) is 0 Å². The molecule has 5 nitrogen and oxygen atoms in total. The van der Waals surface area contributed by atoms with Crippen LogP contribution in [0.25, 0.3) is 0 Å². The predicted molar refractivity (Wildman–Crippen MR) is 73.4 cm³/mol. The van der Waals surface area contributed by atoms with Gasteiger partial charge >= 0.3 is 7.12 Å². The summed E-state index contributed by atoms with van der Waals surface area (Å²) < 4.78 is 11.7. The van der Waals surface area contributed by atoms with E-state index in [2.05, 4.69) is 4.99 Å². The third-order valence-corrected chi connectivity index (χ3v) is 3.40. The van der Waals surface area contributed by atoms with E-state index in [-0.39, 0.29) is 17.8 Å². The van der Waals surface area contributed by atoms with Crippen LogP contribution in [0.4, 0.5) is 0 Å². The molecule has 0 unspecified atom stereocenters. The molecule has 1 aliphatic heterocycles. The van der Waals surface area contributed by atoms with Crippen LogP contribution in [0, 0.1) is 0 Å². The van der Waals surface area contributed by atoms with Gasteiger partial charge in [-0.3, -0.25) is 4.99 Å². The fraction of sp³-hybridized carbons (Fsp3) is 0.750. The standard InChI is InChI=1S/C12H23BN2O3/c1-11(2)12(3,4)18-13(17-11)10(8-14)9-15-6-5-7-16/h8-9,16H,5-7,14H2,1-4H3. The molecule has 0 aromatic heterocycles. The largest absolute Gasteiger partial charge is 0.497 e. The smallest absolute Gasteiger partial charge is 0.405 e. The molecule has 0 amide bonds. The summed E-state index contributed by atoms with van der Waals surface area (Å²) in [5.41, 5.74) is 5.51. The molecule has 0 aromatic carbocycles. The predicted octanol–water partition coefficient (Wildman–Crippen LogP) is 0.914. The maximum Gasteiger partial charge on any atom is 0.497 e. The summed E-state index contributed by atoms with van der Waals surface area (Å²) in [6, 6.07) is 0. The summed E-state index contributed by atoms with van der Waals surface area (Å²) in [6.45, 7) is 8.66. The first-order chi connectivity index (χ1) is 8.34. The molecular formula is C12H23BN2O3. The summed E-state index contributed by atoms with van der Waals surface area (Å²) >= 11 is 0. The Bertz CT molecular complexity index is 324. The highest BCUT2D eigenvalue weighted by molar-refractivity contribution is 6.60. The monoisotopic (exact) mass is 254 g/mol. The van der Waals surface area contributed by atoms with Crippen molar-refractivity contribution < 1.29 is 14.4 Å². The maximum absolute atomic E-state index is 8.67. The molecule has 0 spiro atoms. The number of allylic oxidation sites excluding steroid dienone is 1. The molecule has 1 rings (SSSR count). The second kappa shape index (κ2) is 5.86. The summed E-state index contributed by atoms with van der Waals surface area (Å²) in [4.78, 5) is 4.18. The molecule has 0 atom stereocenters. The Kier molecular flexibility index (Phi) is 4.96. The first-order valence-electron chi connectivity index (χ1n) is 6.22. The number of hydrogen-bond acceptors (Lipinski definition) is 5. The summed E-state index contributed by atoms with van der Waals surface area (Å²) in [5, 5.41) is 8.67. The van der Waals surface area contributed by atoms with Crippen LogP contribution in [0.5, 0.6) is 0 Å². The van der Waals surface area contributed by atoms with Crippen LogP contribution < -0.4 is 5.73 Å². The Labute approximate surface area is 109 Å². The van der Waals surface area contributed by atoms with Gasteiger partial charge in [0, 0.05) is 24.8 Å². The SMILES string of the molecule is CC1(C)OB(C(C=NCCCO)=CN)OC1(C)C. The summed E-state index contributed by atoms with van der Waals surface area (Å²) in [5.74, 6) is 0. The fourth-order valence-electron chi connectivity index (χ4n) is 1.49. The van der Waals surface area contributed by atoms with E-state index >= 15 is 0 Å². The lowest BCUT2D eigenvalue weighted by atomic mass is 9.79. The molecular weight excluding hydrogens is 231 g/mol. The van der Waals surface area contributed by atoms with Gasteiger partial charge in [0.05, 0.1) is 11.2 Å². The fourth-order valence-corrected chi connectivity index (χ4v) is 1.49. The van der Waals surface area contributed by atoms with Crippen molar-refractivity contribution in [2.75, 3.05) is 13.2 Å². The van der Waals surface area contributed by atoms with Crippen LogP contribution in [-0.2, 0) is 9.31 Å². The summed E-state index contributed by atoms with van der Waals surface area (Å²) in [7, 11) is -0.488. The Hall–Kier alpha value is -0.845. The van der Waals surface area contributed by atoms with E-state index in [1.165, 1.54) is 6.20 Å². The highest BCUT2D eigenvalue weighted by Gasteiger charge is 2.52. The van der Waals surface area contributed by atoms with Crippen molar-refractivity contribution >= 4 is 13.3 Å². The highest BCUT2D eigenvalue weighted by Crippen LogP contribution is 2.38. The number of aliphatic imine (C=N–C) groups is 1. The van der Waals surface area contributed by atoms with Crippen LogP contribution in [0.15, 0.2) is 16.7 Å². The Morgan fingerprint density at radius 1 is 1.28 bits per heavy atom. The van der Waals surface area contributed by atoms with E-state index < -0.39 is 7.12 Å². The van der Waals surface area contributed by atoms with E-state index in [1.807, 2.05) is 27.7 Å². The van der Waals surface area contributed by atoms with Crippen LogP contribution in [-0.4, -0.2) is 42.8 Å². The van der Waals surface area contributed by atoms with Crippen molar-refractivity contribution in [3.8, 4) is 0 Å². The average molecular weight is 254 g/mol. The number of rotatable bonds is 5. The van der Waals surface area contributed by atoms with E-state index in [0.29, 0.717) is 18.4 Å². The molecule has 3 N–H and O–H groups in total. The van der Waals surface area contributed by atoms with E-state index in [0.717, 1.165) is 0 Å². The molecule has 1 fully saturated rings. The average Bonchev–Trinajstić information content (AvgIpc) is 2.48. The molecule has 0 aliphatic carbocycles. The first-order valence-corrected chi connectivity index (χ1v) is 6.22. The van der Waals surface area contributed by atoms with E-state index in [9.17, 15) is 0 Å². The van der Waals surface area contributed by atoms with Crippen molar-refractivity contribution in [1.82, 2.24) is 0 Å². The van der Waals surface area contributed by atoms with E-state index in [4.69, 9.17) is 20.1 Å². The molecule has 0 bridgehead atoms. The van der Waals surface area contributed by atoms with E-state index in [1.54, 1.807) is 6.21 Å². The minimum absolute atomic E-state index is 0.134. The number of nitrogens with two attached hydrogens (primary N) is 1. The molecule has 0 aromatic rings. The minimum Gasteiger partial charge on any atom is -0.405 e. The Balaban J connectivity index is 2.67. The topological polar surface area (TPSA) is 77.1 Å². The van der Waals surface area contributed by atoms with Crippen LogP contribution >= 0.6 is 0 Å². The van der Waals surface area contributed by atoms with Crippen molar-refractivity contribution in [1.29, 1.82) is 0 Å². The number of nitrogens with zero attached hydrogens (tertiary/aromatic N) is 1. The van der Waals surface area contributed by atoms with Gasteiger partial charge in [0.15, 0.2) is 0 Å². The van der Waals surface area contributed by atoms with Gasteiger partial charge in [-0.1, -0.05) is 0 Å². The lowest BCUT2D eigenvalue weighted by Gasteiger charge is -2.32. The third kappa shape index (κ3) is 3.34. The Morgan fingerprint density at radius 2 is 1.83 bits per heavy atom. The zero-order chi connectivity index (χ0) is 13.8. The highest BCUT2D eigenvalue weighted by atomic mass is 16.7. The van der Waals surface area contributed by atoms with Crippen molar-refractivity contribution in [3.05, 3.63) is 11.7 Å². The number of hydrogen-bond donors (Lipinski definition) is 2. The number of aliphatic hydroxyl groups is 1. The zero-order valence-corrected chi connectivity index (χ0v) is 11.6. The van der Waals surface area contributed by atoms with Gasteiger partial charge in [0.25, 0.3) is 0 Å². The lowest BCUT2D eigenvalue weighted by molar-refractivity contribution is 0.00578. The molecule has 102 valence electrons. The van der Waals surface area contributed by atoms with Crippen LogP contribution in [0.2, 0.25) is 0 Å². The number of aliphatic hydroxyl groups excluding tert-OH is 1. The zero-order valence-electron chi connectivity index (χ0n) is 11.6. The molecule has 1 aliphatic rings. The first kappa shape index (κ1) is 15.2. The van der Waals surface area contributed by atoms with Gasteiger partial charge in [0.2, 0.25) is 0 Å². The van der Waals surface area contributed by atoms with Crippen LogP contribution in [0.1, 0.15) is 34.1 Å². The second-order valence-electron chi connectivity index (χ2n) is 5.37. The van der Waals surface area contributed by atoms with Gasteiger partial charge in [-0.15, -0.1) is 0 Å². The third-order valence-electron chi connectivity index (χ3n) is 3.40. The molecule has 1 saturated heterocycles. The second-order valence-corrected chi connectivity index (χ2v) is 5.37. The molecule has 6 heteroatoms. The van der Waals surface area contributed by atoms with Gasteiger partial charge in [-0.2, -0.15) is 0 Å². The van der Waals surface area contributed by atoms with Gasteiger partial charge in [-0.05, 0) is 40.3 Å². The summed E-state index contributed by atoms with van der Waals surface area (Å²) in [6.07, 6.45) is 3.74. The molecule has 18 heavy (non-hydrogen) atoms. The van der Waals surface area contributed by atoms with Crippen molar-refractivity contribution in [3.63, 3.8) is 0 Å². The van der Waals surface area contributed by atoms with Gasteiger partial charge in [0.1, 0.15) is 0 Å². The van der Waals surface area contributed by atoms with Crippen molar-refractivity contribution in [2.24, 2.45) is 10.7 Å². The minimum atomic E-state index is -0.488. The quantitative estimate of drug-likeness (QED) is 0.434. The molecule has 0 radical (unpaired) electrons. The normalized spacial score (nSPS) is 22.9.